The number of amides is 1. The molecule has 0 aliphatic carbocycles. The standard InChI is InChI=1S/C21H32N2O8S/c1-13(2)11-17(20(25)30-6)22-18(24)12-31-21(26)19(14(3)4)23-32(27,28)16-9-7-15(29-5)8-10-16/h7-10,13-14,17,19,23H,11-12H2,1-6H3,(H,22,24)/t17?,19-/m0/s1. The molecule has 2 N–H and O–H groups in total. The van der Waals surface area contributed by atoms with Gasteiger partial charge in [0.15, 0.2) is 6.61 Å². The number of rotatable bonds is 12. The molecular formula is C21H32N2O8S. The van der Waals surface area contributed by atoms with E-state index in [4.69, 9.17) is 9.47 Å². The Labute approximate surface area is 189 Å². The van der Waals surface area contributed by atoms with E-state index in [0.717, 1.165) is 0 Å². The maximum atomic E-state index is 12.7. The molecule has 0 aliphatic heterocycles. The third-order valence-corrected chi connectivity index (χ3v) is 5.90. The second-order valence-electron chi connectivity index (χ2n) is 7.90. The SMILES string of the molecule is COC(=O)C(CC(C)C)NC(=O)COC(=O)[C@@H](NS(=O)(=O)c1ccc(OC)cc1)C(C)C. The highest BCUT2D eigenvalue weighted by molar-refractivity contribution is 7.89. The highest BCUT2D eigenvalue weighted by atomic mass is 32.2. The van der Waals surface area contributed by atoms with Crippen molar-refractivity contribution in [1.82, 2.24) is 10.0 Å². The monoisotopic (exact) mass is 472 g/mol. The third kappa shape index (κ3) is 8.46. The summed E-state index contributed by atoms with van der Waals surface area (Å²) in [6.45, 7) is 6.36. The van der Waals surface area contributed by atoms with E-state index in [1.54, 1.807) is 13.8 Å². The van der Waals surface area contributed by atoms with Crippen LogP contribution >= 0.6 is 0 Å². The van der Waals surface area contributed by atoms with E-state index >= 15 is 0 Å². The van der Waals surface area contributed by atoms with Crippen LogP contribution in [0.1, 0.15) is 34.1 Å². The van der Waals surface area contributed by atoms with Crippen LogP contribution in [0.2, 0.25) is 0 Å². The molecule has 0 bridgehead atoms. The average Bonchev–Trinajstić information content (AvgIpc) is 2.74. The van der Waals surface area contributed by atoms with Gasteiger partial charge in [0, 0.05) is 0 Å². The maximum absolute atomic E-state index is 12.7. The Bertz CT molecular complexity index is 882. The number of hydrogen-bond donors (Lipinski definition) is 2. The summed E-state index contributed by atoms with van der Waals surface area (Å²) in [6.07, 6.45) is 0.350. The van der Waals surface area contributed by atoms with Gasteiger partial charge in [0.1, 0.15) is 17.8 Å². The molecule has 10 nitrogen and oxygen atoms in total. The van der Waals surface area contributed by atoms with Crippen LogP contribution < -0.4 is 14.8 Å². The van der Waals surface area contributed by atoms with Gasteiger partial charge in [0.05, 0.1) is 19.1 Å². The lowest BCUT2D eigenvalue weighted by Gasteiger charge is -2.21. The molecule has 0 saturated heterocycles. The lowest BCUT2D eigenvalue weighted by molar-refractivity contribution is -0.152. The summed E-state index contributed by atoms with van der Waals surface area (Å²) in [4.78, 5) is 36.5. The van der Waals surface area contributed by atoms with Gasteiger partial charge < -0.3 is 19.5 Å². The molecule has 0 aromatic heterocycles. The fraction of sp³-hybridized carbons (Fsp3) is 0.571. The topological polar surface area (TPSA) is 137 Å². The van der Waals surface area contributed by atoms with Crippen molar-refractivity contribution in [3.8, 4) is 5.75 Å². The zero-order valence-corrected chi connectivity index (χ0v) is 20.0. The predicted molar refractivity (Wildman–Crippen MR) is 116 cm³/mol. The lowest BCUT2D eigenvalue weighted by atomic mass is 10.0. The van der Waals surface area contributed by atoms with Gasteiger partial charge in [-0.15, -0.1) is 0 Å². The predicted octanol–water partition coefficient (Wildman–Crippen LogP) is 1.25. The maximum Gasteiger partial charge on any atom is 0.328 e. The van der Waals surface area contributed by atoms with Gasteiger partial charge in [0.25, 0.3) is 5.91 Å². The molecule has 1 unspecified atom stereocenters. The number of esters is 2. The van der Waals surface area contributed by atoms with Gasteiger partial charge in [-0.2, -0.15) is 4.72 Å². The minimum absolute atomic E-state index is 0.0518. The van der Waals surface area contributed by atoms with E-state index in [2.05, 4.69) is 14.8 Å². The molecule has 180 valence electrons. The number of nitrogens with one attached hydrogen (secondary N) is 2. The Morgan fingerprint density at radius 2 is 1.56 bits per heavy atom. The summed E-state index contributed by atoms with van der Waals surface area (Å²) in [5.74, 6) is -2.08. The van der Waals surface area contributed by atoms with Crippen molar-refractivity contribution < 1.29 is 37.0 Å². The molecule has 1 aromatic carbocycles. The van der Waals surface area contributed by atoms with Crippen molar-refractivity contribution in [3.63, 3.8) is 0 Å². The smallest absolute Gasteiger partial charge is 0.328 e. The Morgan fingerprint density at radius 1 is 0.969 bits per heavy atom. The van der Waals surface area contributed by atoms with Crippen LogP contribution in [-0.4, -0.2) is 59.2 Å². The van der Waals surface area contributed by atoms with Crippen molar-refractivity contribution >= 4 is 27.9 Å². The summed E-state index contributed by atoms with van der Waals surface area (Å²) in [7, 11) is -1.36. The Kier molecular flexibility index (Phi) is 10.6. The van der Waals surface area contributed by atoms with Crippen molar-refractivity contribution in [2.24, 2.45) is 11.8 Å². The first kappa shape index (κ1) is 27.4. The van der Waals surface area contributed by atoms with Gasteiger partial charge in [-0.25, -0.2) is 13.2 Å². The molecule has 0 saturated carbocycles. The molecule has 2 atom stereocenters. The molecule has 1 amide bonds. The number of ether oxygens (including phenoxy) is 3. The van der Waals surface area contributed by atoms with Crippen molar-refractivity contribution in [2.45, 2.75) is 51.1 Å². The Balaban J connectivity index is 2.80. The Morgan fingerprint density at radius 3 is 2.03 bits per heavy atom. The normalized spacial score (nSPS) is 13.4. The van der Waals surface area contributed by atoms with Crippen LogP contribution in [0.15, 0.2) is 29.2 Å². The number of carbonyl (C=O) groups is 3. The van der Waals surface area contributed by atoms with Gasteiger partial charge >= 0.3 is 11.9 Å². The molecule has 0 spiro atoms. The third-order valence-electron chi connectivity index (χ3n) is 4.45. The van der Waals surface area contributed by atoms with Gasteiger partial charge in [-0.3, -0.25) is 9.59 Å². The van der Waals surface area contributed by atoms with Crippen LogP contribution in [0.3, 0.4) is 0 Å². The van der Waals surface area contributed by atoms with Crippen molar-refractivity contribution in [1.29, 1.82) is 0 Å². The molecule has 0 fully saturated rings. The summed E-state index contributed by atoms with van der Waals surface area (Å²) in [5, 5.41) is 2.47. The summed E-state index contributed by atoms with van der Waals surface area (Å²) in [6, 6.07) is 3.56. The van der Waals surface area contributed by atoms with E-state index in [-0.39, 0.29) is 10.8 Å². The van der Waals surface area contributed by atoms with Gasteiger partial charge in [-0.1, -0.05) is 27.7 Å². The van der Waals surface area contributed by atoms with Gasteiger partial charge in [-0.05, 0) is 42.5 Å². The fourth-order valence-electron chi connectivity index (χ4n) is 2.74. The van der Waals surface area contributed by atoms with E-state index < -0.39 is 52.5 Å². The quantitative estimate of drug-likeness (QED) is 0.434. The number of benzene rings is 1. The summed E-state index contributed by atoms with van der Waals surface area (Å²) < 4.78 is 42.3. The first-order chi connectivity index (χ1) is 14.9. The summed E-state index contributed by atoms with van der Waals surface area (Å²) >= 11 is 0. The zero-order valence-electron chi connectivity index (χ0n) is 19.2. The molecule has 32 heavy (non-hydrogen) atoms. The number of methoxy groups -OCH3 is 2. The molecule has 0 radical (unpaired) electrons. The lowest BCUT2D eigenvalue weighted by Crippen LogP contribution is -2.47. The molecule has 1 aromatic rings. The van der Waals surface area contributed by atoms with Gasteiger partial charge in [0.2, 0.25) is 10.0 Å². The van der Waals surface area contributed by atoms with E-state index in [9.17, 15) is 22.8 Å². The average molecular weight is 473 g/mol. The molecule has 0 aliphatic rings. The van der Waals surface area contributed by atoms with Crippen LogP contribution in [0.5, 0.6) is 5.75 Å². The number of carbonyl (C=O) groups excluding carboxylic acids is 3. The van der Waals surface area contributed by atoms with E-state index in [0.29, 0.717) is 12.2 Å². The van der Waals surface area contributed by atoms with E-state index in [1.807, 2.05) is 13.8 Å². The Hall–Kier alpha value is -2.66. The number of sulfonamides is 1. The number of hydrogen-bond acceptors (Lipinski definition) is 8. The first-order valence-electron chi connectivity index (χ1n) is 10.1. The van der Waals surface area contributed by atoms with Crippen LogP contribution in [-0.2, 0) is 33.9 Å². The minimum atomic E-state index is -4.03. The highest BCUT2D eigenvalue weighted by Gasteiger charge is 2.30. The van der Waals surface area contributed by atoms with Crippen LogP contribution in [0.25, 0.3) is 0 Å². The zero-order chi connectivity index (χ0) is 24.5. The molecule has 0 heterocycles. The second-order valence-corrected chi connectivity index (χ2v) is 9.61. The molecule has 11 heteroatoms. The minimum Gasteiger partial charge on any atom is -0.497 e. The van der Waals surface area contributed by atoms with Crippen molar-refractivity contribution in [3.05, 3.63) is 24.3 Å². The summed E-state index contributed by atoms with van der Waals surface area (Å²) in [5.41, 5.74) is 0. The molecular weight excluding hydrogens is 440 g/mol. The fourth-order valence-corrected chi connectivity index (χ4v) is 4.07. The van der Waals surface area contributed by atoms with Crippen LogP contribution in [0, 0.1) is 11.8 Å². The highest BCUT2D eigenvalue weighted by Crippen LogP contribution is 2.17. The van der Waals surface area contributed by atoms with E-state index in [1.165, 1.54) is 38.5 Å². The van der Waals surface area contributed by atoms with Crippen LogP contribution in [0.4, 0.5) is 0 Å². The largest absolute Gasteiger partial charge is 0.497 e. The molecule has 1 rings (SSSR count). The second kappa shape index (κ2) is 12.4. The first-order valence-corrected chi connectivity index (χ1v) is 11.6. The van der Waals surface area contributed by atoms with Crippen molar-refractivity contribution in [2.75, 3.05) is 20.8 Å².